The Kier molecular flexibility index (Phi) is 5.95. The number of aryl methyl sites for hydroxylation is 1. The summed E-state index contributed by atoms with van der Waals surface area (Å²) in [5.41, 5.74) is 3.28. The number of hydrogen-bond donors (Lipinski definition) is 1. The van der Waals surface area contributed by atoms with Crippen molar-refractivity contribution in [3.8, 4) is 0 Å². The first kappa shape index (κ1) is 20.7. The van der Waals surface area contributed by atoms with Gasteiger partial charge in [0.15, 0.2) is 0 Å². The van der Waals surface area contributed by atoms with E-state index in [0.717, 1.165) is 41.5 Å². The first-order valence-corrected chi connectivity index (χ1v) is 11.5. The summed E-state index contributed by atoms with van der Waals surface area (Å²) in [7, 11) is 0. The van der Waals surface area contributed by atoms with Gasteiger partial charge in [-0.2, -0.15) is 0 Å². The number of esters is 1. The summed E-state index contributed by atoms with van der Waals surface area (Å²) in [6, 6.07) is 11.7. The molecule has 2 aromatic heterocycles. The van der Waals surface area contributed by atoms with E-state index in [4.69, 9.17) is 4.74 Å². The molecule has 1 atom stereocenters. The van der Waals surface area contributed by atoms with Crippen LogP contribution in [0.15, 0.2) is 41.8 Å². The highest BCUT2D eigenvalue weighted by molar-refractivity contribution is 7.17. The highest BCUT2D eigenvalue weighted by Crippen LogP contribution is 2.30. The molecule has 0 spiro atoms. The number of amides is 1. The average molecular weight is 425 g/mol. The van der Waals surface area contributed by atoms with Crippen molar-refractivity contribution in [1.29, 1.82) is 0 Å². The standard InChI is InChI=1S/C24H28N2O3S/c1-15(2)26-19-12-13-30-21(19)14-20(26)24(28)29-22(17-10-8-16(3)9-11-17)23(27)25-18-6-4-5-7-18/h8-15,18,22H,4-7H2,1-3H3,(H,25,27)/t22-/m0/s1. The molecule has 1 aliphatic carbocycles. The van der Waals surface area contributed by atoms with Crippen LogP contribution >= 0.6 is 11.3 Å². The fraction of sp³-hybridized carbons (Fsp3) is 0.417. The maximum absolute atomic E-state index is 13.2. The van der Waals surface area contributed by atoms with Crippen molar-refractivity contribution in [1.82, 2.24) is 9.88 Å². The Balaban J connectivity index is 1.63. The van der Waals surface area contributed by atoms with Crippen LogP contribution in [0.25, 0.3) is 10.2 Å². The minimum Gasteiger partial charge on any atom is -0.443 e. The fourth-order valence-electron chi connectivity index (χ4n) is 4.19. The van der Waals surface area contributed by atoms with Crippen molar-refractivity contribution in [2.75, 3.05) is 0 Å². The van der Waals surface area contributed by atoms with Gasteiger partial charge in [0.2, 0.25) is 6.10 Å². The molecule has 0 saturated heterocycles. The SMILES string of the molecule is Cc1ccc([C@H](OC(=O)c2cc3sccc3n2C(C)C)C(=O)NC2CCCC2)cc1. The van der Waals surface area contributed by atoms with Gasteiger partial charge in [-0.3, -0.25) is 4.79 Å². The van der Waals surface area contributed by atoms with Gasteiger partial charge in [-0.15, -0.1) is 11.3 Å². The molecule has 30 heavy (non-hydrogen) atoms. The lowest BCUT2D eigenvalue weighted by Gasteiger charge is -2.21. The summed E-state index contributed by atoms with van der Waals surface area (Å²) in [5.74, 6) is -0.720. The molecule has 2 heterocycles. The summed E-state index contributed by atoms with van der Waals surface area (Å²) < 4.78 is 8.88. The topological polar surface area (TPSA) is 60.3 Å². The summed E-state index contributed by atoms with van der Waals surface area (Å²) in [6.07, 6.45) is 3.24. The first-order chi connectivity index (χ1) is 14.4. The third-order valence-electron chi connectivity index (χ3n) is 5.73. The van der Waals surface area contributed by atoms with E-state index in [1.165, 1.54) is 0 Å². The van der Waals surface area contributed by atoms with Crippen LogP contribution in [0.5, 0.6) is 0 Å². The number of benzene rings is 1. The van der Waals surface area contributed by atoms with Crippen molar-refractivity contribution in [2.45, 2.75) is 64.6 Å². The number of ether oxygens (including phenoxy) is 1. The largest absolute Gasteiger partial charge is 0.443 e. The molecule has 0 bridgehead atoms. The molecule has 4 rings (SSSR count). The van der Waals surface area contributed by atoms with Crippen LogP contribution in [0.2, 0.25) is 0 Å². The third-order valence-corrected chi connectivity index (χ3v) is 6.58. The van der Waals surface area contributed by atoms with Gasteiger partial charge >= 0.3 is 5.97 Å². The number of aromatic nitrogens is 1. The number of rotatable bonds is 6. The van der Waals surface area contributed by atoms with E-state index < -0.39 is 12.1 Å². The van der Waals surface area contributed by atoms with Crippen LogP contribution < -0.4 is 5.32 Å². The molecule has 0 aliphatic heterocycles. The molecule has 0 radical (unpaired) electrons. The summed E-state index contributed by atoms with van der Waals surface area (Å²) >= 11 is 1.59. The van der Waals surface area contributed by atoms with E-state index >= 15 is 0 Å². The lowest BCUT2D eigenvalue weighted by Crippen LogP contribution is -2.38. The van der Waals surface area contributed by atoms with Gasteiger partial charge in [0.25, 0.3) is 5.91 Å². The Hall–Kier alpha value is -2.60. The van der Waals surface area contributed by atoms with Gasteiger partial charge in [-0.05, 0) is 51.1 Å². The Bertz CT molecular complexity index is 1040. The lowest BCUT2D eigenvalue weighted by molar-refractivity contribution is -0.131. The molecule has 1 N–H and O–H groups in total. The van der Waals surface area contributed by atoms with Gasteiger partial charge in [-0.1, -0.05) is 42.7 Å². The normalized spacial score (nSPS) is 15.6. The molecular weight excluding hydrogens is 396 g/mol. The fourth-order valence-corrected chi connectivity index (χ4v) is 5.00. The van der Waals surface area contributed by atoms with E-state index in [2.05, 4.69) is 5.32 Å². The number of nitrogens with zero attached hydrogens (tertiary/aromatic N) is 1. The lowest BCUT2D eigenvalue weighted by atomic mass is 10.1. The molecule has 1 aromatic carbocycles. The zero-order valence-electron chi connectivity index (χ0n) is 17.7. The molecule has 0 unspecified atom stereocenters. The second-order valence-electron chi connectivity index (χ2n) is 8.35. The van der Waals surface area contributed by atoms with E-state index in [0.29, 0.717) is 11.3 Å². The quantitative estimate of drug-likeness (QED) is 0.528. The molecule has 3 aromatic rings. The van der Waals surface area contributed by atoms with Crippen LogP contribution in [-0.4, -0.2) is 22.5 Å². The van der Waals surface area contributed by atoms with E-state index in [1.807, 2.05) is 67.1 Å². The number of thiophene rings is 1. The summed E-state index contributed by atoms with van der Waals surface area (Å²) in [4.78, 5) is 26.3. The number of carbonyl (C=O) groups is 2. The van der Waals surface area contributed by atoms with E-state index in [-0.39, 0.29) is 18.0 Å². The summed E-state index contributed by atoms with van der Waals surface area (Å²) in [5, 5.41) is 5.10. The molecule has 5 nitrogen and oxygen atoms in total. The van der Waals surface area contributed by atoms with Crippen LogP contribution in [0.1, 0.15) is 73.3 Å². The van der Waals surface area contributed by atoms with Crippen molar-refractivity contribution < 1.29 is 14.3 Å². The van der Waals surface area contributed by atoms with Gasteiger partial charge in [0, 0.05) is 17.6 Å². The first-order valence-electron chi connectivity index (χ1n) is 10.6. The molecule has 1 aliphatic rings. The molecule has 1 fully saturated rings. The van der Waals surface area contributed by atoms with Crippen molar-refractivity contribution in [3.05, 3.63) is 58.6 Å². The Morgan fingerprint density at radius 3 is 2.50 bits per heavy atom. The zero-order valence-corrected chi connectivity index (χ0v) is 18.5. The smallest absolute Gasteiger partial charge is 0.356 e. The van der Waals surface area contributed by atoms with E-state index in [1.54, 1.807) is 11.3 Å². The van der Waals surface area contributed by atoms with Crippen LogP contribution in [0.3, 0.4) is 0 Å². The monoisotopic (exact) mass is 424 g/mol. The number of hydrogen-bond acceptors (Lipinski definition) is 4. The van der Waals surface area contributed by atoms with Gasteiger partial charge < -0.3 is 14.6 Å². The maximum atomic E-state index is 13.2. The highest BCUT2D eigenvalue weighted by atomic mass is 32.1. The van der Waals surface area contributed by atoms with Crippen molar-refractivity contribution >= 4 is 33.4 Å². The molecule has 6 heteroatoms. The van der Waals surface area contributed by atoms with Crippen LogP contribution in [0.4, 0.5) is 0 Å². The average Bonchev–Trinajstić information content (AvgIpc) is 3.43. The second kappa shape index (κ2) is 8.64. The van der Waals surface area contributed by atoms with Gasteiger partial charge in [-0.25, -0.2) is 4.79 Å². The Morgan fingerprint density at radius 2 is 1.83 bits per heavy atom. The molecule has 1 saturated carbocycles. The minimum atomic E-state index is -0.966. The molecular formula is C24H28N2O3S. The number of carbonyl (C=O) groups excluding carboxylic acids is 2. The molecule has 1 amide bonds. The number of nitrogens with one attached hydrogen (secondary N) is 1. The third kappa shape index (κ3) is 4.15. The Morgan fingerprint density at radius 1 is 1.13 bits per heavy atom. The Labute approximate surface area is 181 Å². The van der Waals surface area contributed by atoms with Gasteiger partial charge in [0.1, 0.15) is 5.69 Å². The predicted octanol–water partition coefficient (Wildman–Crippen LogP) is 5.55. The minimum absolute atomic E-state index is 0.102. The maximum Gasteiger partial charge on any atom is 0.356 e. The van der Waals surface area contributed by atoms with Crippen LogP contribution in [0, 0.1) is 6.92 Å². The highest BCUT2D eigenvalue weighted by Gasteiger charge is 2.30. The van der Waals surface area contributed by atoms with Gasteiger partial charge in [0.05, 0.1) is 10.2 Å². The predicted molar refractivity (Wildman–Crippen MR) is 120 cm³/mol. The number of fused-ring (bicyclic) bond motifs is 1. The van der Waals surface area contributed by atoms with Crippen molar-refractivity contribution in [2.24, 2.45) is 0 Å². The van der Waals surface area contributed by atoms with Crippen molar-refractivity contribution in [3.63, 3.8) is 0 Å². The molecule has 158 valence electrons. The summed E-state index contributed by atoms with van der Waals surface area (Å²) in [6.45, 7) is 6.07. The second-order valence-corrected chi connectivity index (χ2v) is 9.30. The van der Waals surface area contributed by atoms with E-state index in [9.17, 15) is 9.59 Å². The zero-order chi connectivity index (χ0) is 21.3. The van der Waals surface area contributed by atoms with Crippen LogP contribution in [-0.2, 0) is 9.53 Å².